The monoisotopic (exact) mass is 389 g/mol. The lowest BCUT2D eigenvalue weighted by Crippen LogP contribution is -2.53. The Bertz CT molecular complexity index is 682. The Morgan fingerprint density at radius 2 is 1.74 bits per heavy atom. The summed E-state index contributed by atoms with van der Waals surface area (Å²) in [6.07, 6.45) is -5.35. The van der Waals surface area contributed by atoms with Gasteiger partial charge in [0, 0.05) is 19.4 Å². The van der Waals surface area contributed by atoms with Crippen molar-refractivity contribution in [2.24, 2.45) is 0 Å². The maximum absolute atomic E-state index is 12.6. The van der Waals surface area contributed by atoms with Crippen LogP contribution >= 0.6 is 0 Å². The molecular formula is C18H22F3NO5. The molecule has 0 aliphatic carbocycles. The lowest BCUT2D eigenvalue weighted by Gasteiger charge is -2.37. The number of halogens is 3. The molecule has 1 heterocycles. The summed E-state index contributed by atoms with van der Waals surface area (Å²) >= 11 is 0. The average Bonchev–Trinajstić information content (AvgIpc) is 2.52. The molecule has 0 radical (unpaired) electrons. The van der Waals surface area contributed by atoms with Gasteiger partial charge in [-0.05, 0) is 45.0 Å². The number of rotatable bonds is 3. The van der Waals surface area contributed by atoms with Gasteiger partial charge in [0.1, 0.15) is 23.5 Å². The zero-order chi connectivity index (χ0) is 20.4. The van der Waals surface area contributed by atoms with Crippen molar-refractivity contribution in [3.8, 4) is 5.75 Å². The second-order valence-electron chi connectivity index (χ2n) is 7.31. The lowest BCUT2D eigenvalue weighted by atomic mass is 9.99. The second kappa shape index (κ2) is 7.66. The van der Waals surface area contributed by atoms with E-state index in [4.69, 9.17) is 9.47 Å². The summed E-state index contributed by atoms with van der Waals surface area (Å²) in [6, 6.07) is 3.06. The summed E-state index contributed by atoms with van der Waals surface area (Å²) in [5, 5.41) is 9.44. The van der Waals surface area contributed by atoms with Crippen molar-refractivity contribution in [1.29, 1.82) is 0 Å². The summed E-state index contributed by atoms with van der Waals surface area (Å²) < 4.78 is 48.7. The van der Waals surface area contributed by atoms with E-state index in [9.17, 15) is 27.9 Å². The second-order valence-corrected chi connectivity index (χ2v) is 7.31. The number of likely N-dealkylation sites (tertiary alicyclic amines) is 1. The summed E-state index contributed by atoms with van der Waals surface area (Å²) in [5.41, 5.74) is -1.55. The number of ether oxygens (including phenoxy) is 2. The van der Waals surface area contributed by atoms with Crippen LogP contribution in [0.15, 0.2) is 24.3 Å². The minimum absolute atomic E-state index is 0.00952. The van der Waals surface area contributed by atoms with Crippen LogP contribution < -0.4 is 4.74 Å². The van der Waals surface area contributed by atoms with Crippen LogP contribution in [0.1, 0.15) is 39.2 Å². The summed E-state index contributed by atoms with van der Waals surface area (Å²) in [7, 11) is 0. The molecule has 27 heavy (non-hydrogen) atoms. The number of benzene rings is 1. The van der Waals surface area contributed by atoms with E-state index in [1.165, 1.54) is 12.1 Å². The highest BCUT2D eigenvalue weighted by molar-refractivity contribution is 5.80. The first-order valence-corrected chi connectivity index (χ1v) is 8.43. The molecule has 1 fully saturated rings. The highest BCUT2D eigenvalue weighted by Gasteiger charge is 2.39. The van der Waals surface area contributed by atoms with Gasteiger partial charge in [0.25, 0.3) is 0 Å². The maximum Gasteiger partial charge on any atom is 0.416 e. The van der Waals surface area contributed by atoms with E-state index in [-0.39, 0.29) is 18.7 Å². The Labute approximate surface area is 154 Å². The molecule has 9 heteroatoms. The van der Waals surface area contributed by atoms with E-state index in [2.05, 4.69) is 0 Å². The molecular weight excluding hydrogens is 367 g/mol. The van der Waals surface area contributed by atoms with Crippen LogP contribution in [0.3, 0.4) is 0 Å². The van der Waals surface area contributed by atoms with E-state index in [0.29, 0.717) is 6.42 Å². The lowest BCUT2D eigenvalue weighted by molar-refractivity contribution is -0.146. The van der Waals surface area contributed by atoms with Crippen LogP contribution in [0.4, 0.5) is 18.0 Å². The van der Waals surface area contributed by atoms with Crippen molar-refractivity contribution in [2.75, 3.05) is 6.54 Å². The number of piperidine rings is 1. The Morgan fingerprint density at radius 3 is 2.22 bits per heavy atom. The topological polar surface area (TPSA) is 76.1 Å². The van der Waals surface area contributed by atoms with Gasteiger partial charge < -0.3 is 14.6 Å². The van der Waals surface area contributed by atoms with E-state index in [0.717, 1.165) is 17.0 Å². The molecule has 1 saturated heterocycles. The minimum Gasteiger partial charge on any atom is -0.490 e. The third kappa shape index (κ3) is 5.77. The van der Waals surface area contributed by atoms with Gasteiger partial charge in [0.05, 0.1) is 5.56 Å². The van der Waals surface area contributed by atoms with Crippen molar-refractivity contribution in [1.82, 2.24) is 4.90 Å². The number of carboxylic acid groups (broad SMARTS) is 1. The highest BCUT2D eigenvalue weighted by Crippen LogP contribution is 2.31. The van der Waals surface area contributed by atoms with Gasteiger partial charge in [-0.3, -0.25) is 4.90 Å². The molecule has 1 aliphatic heterocycles. The minimum atomic E-state index is -4.44. The van der Waals surface area contributed by atoms with E-state index < -0.39 is 41.5 Å². The molecule has 0 bridgehead atoms. The molecule has 2 atom stereocenters. The number of hydrogen-bond donors (Lipinski definition) is 1. The molecule has 1 aliphatic rings. The van der Waals surface area contributed by atoms with Crippen molar-refractivity contribution in [2.45, 2.75) is 57.5 Å². The first kappa shape index (κ1) is 20.9. The Kier molecular flexibility index (Phi) is 5.91. The van der Waals surface area contributed by atoms with Crippen LogP contribution in [0, 0.1) is 0 Å². The van der Waals surface area contributed by atoms with Gasteiger partial charge in [-0.1, -0.05) is 0 Å². The predicted octanol–water partition coefficient (Wildman–Crippen LogP) is 3.94. The number of amides is 1. The number of carbonyl (C=O) groups is 2. The highest BCUT2D eigenvalue weighted by atomic mass is 19.4. The maximum atomic E-state index is 12.6. The fourth-order valence-corrected chi connectivity index (χ4v) is 2.73. The number of aliphatic carboxylic acids is 1. The van der Waals surface area contributed by atoms with Gasteiger partial charge in [0.2, 0.25) is 0 Å². The summed E-state index contributed by atoms with van der Waals surface area (Å²) in [6.45, 7) is 5.15. The van der Waals surface area contributed by atoms with Gasteiger partial charge in [-0.25, -0.2) is 9.59 Å². The largest absolute Gasteiger partial charge is 0.490 e. The zero-order valence-electron chi connectivity index (χ0n) is 15.2. The normalized spacial score (nSPS) is 20.9. The van der Waals surface area contributed by atoms with Gasteiger partial charge in [-0.2, -0.15) is 13.2 Å². The van der Waals surface area contributed by atoms with Crippen LogP contribution in [-0.4, -0.2) is 46.4 Å². The average molecular weight is 389 g/mol. The first-order chi connectivity index (χ1) is 12.4. The third-order valence-electron chi connectivity index (χ3n) is 3.95. The number of alkyl halides is 3. The van der Waals surface area contributed by atoms with E-state index in [1.54, 1.807) is 20.8 Å². The standard InChI is InChI=1S/C18H22F3NO5/c1-17(2,3)27-16(25)22-9-8-13(10-14(22)15(23)24)26-12-6-4-11(5-7-12)18(19,20)21/h4-7,13-14H,8-10H2,1-3H3,(H,23,24)/t13-,14+/m1/s1. The quantitative estimate of drug-likeness (QED) is 0.848. The SMILES string of the molecule is CC(C)(C)OC(=O)N1CC[C@@H](Oc2ccc(C(F)(F)F)cc2)C[C@H]1C(=O)O. The molecule has 1 N–H and O–H groups in total. The van der Waals surface area contributed by atoms with Crippen molar-refractivity contribution in [3.05, 3.63) is 29.8 Å². The summed E-state index contributed by atoms with van der Waals surface area (Å²) in [4.78, 5) is 24.9. The smallest absolute Gasteiger partial charge is 0.416 e. The van der Waals surface area contributed by atoms with Crippen LogP contribution in [0.5, 0.6) is 5.75 Å². The van der Waals surface area contributed by atoms with Gasteiger partial charge in [0.15, 0.2) is 0 Å². The Hall–Kier alpha value is -2.45. The molecule has 6 nitrogen and oxygen atoms in total. The van der Waals surface area contributed by atoms with E-state index in [1.807, 2.05) is 0 Å². The molecule has 2 rings (SSSR count). The Balaban J connectivity index is 2.04. The fourth-order valence-electron chi connectivity index (χ4n) is 2.73. The van der Waals surface area contributed by atoms with Crippen LogP contribution in [0.25, 0.3) is 0 Å². The number of carboxylic acids is 1. The van der Waals surface area contributed by atoms with Gasteiger partial charge in [-0.15, -0.1) is 0 Å². The fraction of sp³-hybridized carbons (Fsp3) is 0.556. The molecule has 1 amide bonds. The molecule has 0 unspecified atom stereocenters. The van der Waals surface area contributed by atoms with Crippen molar-refractivity contribution >= 4 is 12.1 Å². The summed E-state index contributed by atoms with van der Waals surface area (Å²) in [5.74, 6) is -0.982. The zero-order valence-corrected chi connectivity index (χ0v) is 15.2. The molecule has 1 aromatic rings. The predicted molar refractivity (Wildman–Crippen MR) is 89.5 cm³/mol. The van der Waals surface area contributed by atoms with Crippen LogP contribution in [-0.2, 0) is 15.7 Å². The third-order valence-corrected chi connectivity index (χ3v) is 3.95. The van der Waals surface area contributed by atoms with Gasteiger partial charge >= 0.3 is 18.2 Å². The molecule has 150 valence electrons. The molecule has 0 spiro atoms. The van der Waals surface area contributed by atoms with Crippen LogP contribution in [0.2, 0.25) is 0 Å². The molecule has 1 aromatic carbocycles. The van der Waals surface area contributed by atoms with Crippen molar-refractivity contribution < 1.29 is 37.3 Å². The van der Waals surface area contributed by atoms with Crippen molar-refractivity contribution in [3.63, 3.8) is 0 Å². The molecule has 0 saturated carbocycles. The first-order valence-electron chi connectivity index (χ1n) is 8.43. The Morgan fingerprint density at radius 1 is 1.15 bits per heavy atom. The number of nitrogens with zero attached hydrogens (tertiary/aromatic N) is 1. The number of hydrogen-bond acceptors (Lipinski definition) is 4. The number of carbonyl (C=O) groups excluding carboxylic acids is 1. The molecule has 0 aromatic heterocycles. The van der Waals surface area contributed by atoms with E-state index >= 15 is 0 Å².